The third-order valence-electron chi connectivity index (χ3n) is 5.31. The molecule has 2 amide bonds. The Balaban J connectivity index is 1.42. The van der Waals surface area contributed by atoms with Crippen molar-refractivity contribution in [1.82, 2.24) is 4.90 Å². The van der Waals surface area contributed by atoms with E-state index in [9.17, 15) is 9.59 Å². The van der Waals surface area contributed by atoms with Gasteiger partial charge in [-0.3, -0.25) is 9.59 Å². The third-order valence-corrected chi connectivity index (χ3v) is 6.17. The minimum Gasteiger partial charge on any atom is -0.378 e. The van der Waals surface area contributed by atoms with E-state index < -0.39 is 6.04 Å². The van der Waals surface area contributed by atoms with Crippen LogP contribution in [0.2, 0.25) is 0 Å². The monoisotopic (exact) mass is 399 g/mol. The quantitative estimate of drug-likeness (QED) is 0.858. The van der Waals surface area contributed by atoms with Crippen LogP contribution in [0.3, 0.4) is 0 Å². The number of thiophene rings is 1. The summed E-state index contributed by atoms with van der Waals surface area (Å²) >= 11 is 1.42. The first-order valence-corrected chi connectivity index (χ1v) is 10.7. The Hall–Kier alpha value is -2.38. The lowest BCUT2D eigenvalue weighted by molar-refractivity contribution is -0.121. The van der Waals surface area contributed by atoms with E-state index in [4.69, 9.17) is 4.74 Å². The largest absolute Gasteiger partial charge is 0.378 e. The Kier molecular flexibility index (Phi) is 5.92. The average Bonchev–Trinajstić information content (AvgIpc) is 3.29. The molecule has 3 heterocycles. The van der Waals surface area contributed by atoms with E-state index in [2.05, 4.69) is 10.2 Å². The summed E-state index contributed by atoms with van der Waals surface area (Å²) in [6, 6.07) is 11.2. The van der Waals surface area contributed by atoms with Crippen molar-refractivity contribution in [2.75, 3.05) is 43.1 Å². The number of rotatable bonds is 4. The fourth-order valence-electron chi connectivity index (χ4n) is 3.79. The Morgan fingerprint density at radius 2 is 1.82 bits per heavy atom. The fourth-order valence-corrected chi connectivity index (χ4v) is 4.47. The maximum atomic E-state index is 12.9. The molecule has 0 radical (unpaired) electrons. The van der Waals surface area contributed by atoms with Crippen LogP contribution in [0.4, 0.5) is 11.4 Å². The lowest BCUT2D eigenvalue weighted by Gasteiger charge is -2.34. The van der Waals surface area contributed by atoms with Gasteiger partial charge in [0.2, 0.25) is 5.91 Å². The van der Waals surface area contributed by atoms with Crippen LogP contribution in [0.15, 0.2) is 41.8 Å². The zero-order valence-electron chi connectivity index (χ0n) is 15.8. The predicted octanol–water partition coefficient (Wildman–Crippen LogP) is 3.22. The summed E-state index contributed by atoms with van der Waals surface area (Å²) in [4.78, 5) is 30.4. The summed E-state index contributed by atoms with van der Waals surface area (Å²) in [6.07, 6.45) is 2.60. The molecule has 2 aliphatic rings. The summed E-state index contributed by atoms with van der Waals surface area (Å²) in [6.45, 7) is 3.88. The van der Waals surface area contributed by atoms with Gasteiger partial charge in [-0.15, -0.1) is 11.3 Å². The summed E-state index contributed by atoms with van der Waals surface area (Å²) in [5.41, 5.74) is 1.89. The standard InChI is InChI=1S/C21H25N3O3S/c25-20(18-4-1-2-10-24(18)21(26)19-5-3-15-28-19)22-16-6-8-17(9-7-16)23-11-13-27-14-12-23/h3,5-9,15,18H,1-2,4,10-14H2,(H,22,25). The van der Waals surface area contributed by atoms with Crippen molar-refractivity contribution in [2.24, 2.45) is 0 Å². The maximum Gasteiger partial charge on any atom is 0.264 e. The van der Waals surface area contributed by atoms with Crippen molar-refractivity contribution < 1.29 is 14.3 Å². The number of nitrogens with one attached hydrogen (secondary N) is 1. The van der Waals surface area contributed by atoms with Gasteiger partial charge < -0.3 is 19.9 Å². The Labute approximate surface area is 169 Å². The molecule has 1 atom stereocenters. The summed E-state index contributed by atoms with van der Waals surface area (Å²) in [5, 5.41) is 4.89. The van der Waals surface area contributed by atoms with Gasteiger partial charge in [-0.1, -0.05) is 6.07 Å². The number of hydrogen-bond donors (Lipinski definition) is 1. The van der Waals surface area contributed by atoms with Crippen LogP contribution >= 0.6 is 11.3 Å². The number of benzene rings is 1. The van der Waals surface area contributed by atoms with Crippen LogP contribution in [0.25, 0.3) is 0 Å². The molecule has 4 rings (SSSR count). The van der Waals surface area contributed by atoms with Crippen molar-refractivity contribution >= 4 is 34.5 Å². The lowest BCUT2D eigenvalue weighted by Crippen LogP contribution is -2.49. The Bertz CT molecular complexity index is 801. The summed E-state index contributed by atoms with van der Waals surface area (Å²) < 4.78 is 5.39. The number of piperidine rings is 1. The number of morpholine rings is 1. The number of anilines is 2. The molecule has 2 saturated heterocycles. The van der Waals surface area contributed by atoms with Gasteiger partial charge in [-0.2, -0.15) is 0 Å². The van der Waals surface area contributed by atoms with Gasteiger partial charge in [0.15, 0.2) is 0 Å². The maximum absolute atomic E-state index is 12.9. The number of hydrogen-bond acceptors (Lipinski definition) is 5. The van der Waals surface area contributed by atoms with Crippen LogP contribution in [0, 0.1) is 0 Å². The van der Waals surface area contributed by atoms with Gasteiger partial charge in [-0.05, 0) is 55.0 Å². The topological polar surface area (TPSA) is 61.9 Å². The molecule has 0 aliphatic carbocycles. The molecule has 6 nitrogen and oxygen atoms in total. The number of nitrogens with zero attached hydrogens (tertiary/aromatic N) is 2. The molecule has 148 valence electrons. The van der Waals surface area contributed by atoms with Gasteiger partial charge >= 0.3 is 0 Å². The van der Waals surface area contributed by atoms with E-state index in [1.165, 1.54) is 11.3 Å². The van der Waals surface area contributed by atoms with Crippen molar-refractivity contribution in [3.05, 3.63) is 46.7 Å². The molecule has 0 spiro atoms. The van der Waals surface area contributed by atoms with E-state index in [-0.39, 0.29) is 11.8 Å². The molecular weight excluding hydrogens is 374 g/mol. The molecule has 2 fully saturated rings. The van der Waals surface area contributed by atoms with Crippen LogP contribution in [0.5, 0.6) is 0 Å². The zero-order valence-corrected chi connectivity index (χ0v) is 16.6. The minimum atomic E-state index is -0.415. The van der Waals surface area contributed by atoms with E-state index in [0.29, 0.717) is 17.8 Å². The second-order valence-electron chi connectivity index (χ2n) is 7.12. The number of carbonyl (C=O) groups is 2. The number of ether oxygens (including phenoxy) is 1. The van der Waals surface area contributed by atoms with Gasteiger partial charge in [0.25, 0.3) is 5.91 Å². The number of amides is 2. The van der Waals surface area contributed by atoms with Crippen molar-refractivity contribution in [3.63, 3.8) is 0 Å². The fraction of sp³-hybridized carbons (Fsp3) is 0.429. The highest BCUT2D eigenvalue weighted by molar-refractivity contribution is 7.12. The first kappa shape index (κ1) is 19.0. The predicted molar refractivity (Wildman–Crippen MR) is 111 cm³/mol. The van der Waals surface area contributed by atoms with Crippen molar-refractivity contribution in [1.29, 1.82) is 0 Å². The first-order chi connectivity index (χ1) is 13.7. The Morgan fingerprint density at radius 3 is 2.54 bits per heavy atom. The van der Waals surface area contributed by atoms with Gasteiger partial charge in [0.05, 0.1) is 18.1 Å². The third kappa shape index (κ3) is 4.20. The van der Waals surface area contributed by atoms with E-state index in [1.54, 1.807) is 4.90 Å². The molecule has 28 heavy (non-hydrogen) atoms. The van der Waals surface area contributed by atoms with E-state index in [0.717, 1.165) is 50.5 Å². The normalized spacial score (nSPS) is 20.1. The van der Waals surface area contributed by atoms with E-state index >= 15 is 0 Å². The zero-order chi connectivity index (χ0) is 19.3. The summed E-state index contributed by atoms with van der Waals surface area (Å²) in [5.74, 6) is -0.152. The molecular formula is C21H25N3O3S. The van der Waals surface area contributed by atoms with Crippen molar-refractivity contribution in [2.45, 2.75) is 25.3 Å². The molecule has 1 aromatic heterocycles. The number of carbonyl (C=O) groups excluding carboxylic acids is 2. The molecule has 7 heteroatoms. The molecule has 1 N–H and O–H groups in total. The van der Waals surface area contributed by atoms with Gasteiger partial charge in [0.1, 0.15) is 6.04 Å². The highest BCUT2D eigenvalue weighted by atomic mass is 32.1. The van der Waals surface area contributed by atoms with E-state index in [1.807, 2.05) is 41.8 Å². The number of likely N-dealkylation sites (tertiary alicyclic amines) is 1. The molecule has 0 saturated carbocycles. The van der Waals surface area contributed by atoms with Crippen LogP contribution in [0.1, 0.15) is 28.9 Å². The van der Waals surface area contributed by atoms with Crippen LogP contribution in [-0.4, -0.2) is 55.6 Å². The second kappa shape index (κ2) is 8.75. The lowest BCUT2D eigenvalue weighted by atomic mass is 10.0. The van der Waals surface area contributed by atoms with Crippen LogP contribution in [-0.2, 0) is 9.53 Å². The Morgan fingerprint density at radius 1 is 1.04 bits per heavy atom. The highest BCUT2D eigenvalue weighted by Crippen LogP contribution is 2.24. The van der Waals surface area contributed by atoms with Crippen molar-refractivity contribution in [3.8, 4) is 0 Å². The molecule has 1 aromatic carbocycles. The van der Waals surface area contributed by atoms with Gasteiger partial charge in [-0.25, -0.2) is 0 Å². The average molecular weight is 400 g/mol. The van der Waals surface area contributed by atoms with Crippen LogP contribution < -0.4 is 10.2 Å². The SMILES string of the molecule is O=C(Nc1ccc(N2CCOCC2)cc1)C1CCCCN1C(=O)c1cccs1. The molecule has 1 unspecified atom stereocenters. The summed E-state index contributed by atoms with van der Waals surface area (Å²) in [7, 11) is 0. The first-order valence-electron chi connectivity index (χ1n) is 9.80. The molecule has 2 aromatic rings. The molecule has 2 aliphatic heterocycles. The van der Waals surface area contributed by atoms with Gasteiger partial charge in [0, 0.05) is 31.0 Å². The smallest absolute Gasteiger partial charge is 0.264 e. The second-order valence-corrected chi connectivity index (χ2v) is 8.07. The minimum absolute atomic E-state index is 0.0440. The molecule has 0 bridgehead atoms. The highest BCUT2D eigenvalue weighted by Gasteiger charge is 2.33.